The van der Waals surface area contributed by atoms with Gasteiger partial charge in [0.1, 0.15) is 0 Å². The highest BCUT2D eigenvalue weighted by Crippen LogP contribution is 2.45. The van der Waals surface area contributed by atoms with Crippen molar-refractivity contribution >= 4 is 0 Å². The maximum Gasteiger partial charge on any atom is 0.0153 e. The van der Waals surface area contributed by atoms with Gasteiger partial charge in [-0.3, -0.25) is 0 Å². The molecule has 2 N–H and O–H groups in total. The fourth-order valence-electron chi connectivity index (χ4n) is 4.47. The third-order valence-electron chi connectivity index (χ3n) is 5.37. The Kier molecular flexibility index (Phi) is 3.21. The van der Waals surface area contributed by atoms with Gasteiger partial charge in [0.2, 0.25) is 0 Å². The summed E-state index contributed by atoms with van der Waals surface area (Å²) in [7, 11) is 0. The lowest BCUT2D eigenvalue weighted by atomic mass is 9.66. The molecule has 2 saturated heterocycles. The van der Waals surface area contributed by atoms with Crippen molar-refractivity contribution in [3.8, 4) is 0 Å². The molecule has 1 unspecified atom stereocenters. The first-order valence-electron chi connectivity index (χ1n) is 7.35. The van der Waals surface area contributed by atoms with Gasteiger partial charge >= 0.3 is 0 Å². The summed E-state index contributed by atoms with van der Waals surface area (Å²) in [4.78, 5) is 0. The second-order valence-corrected chi connectivity index (χ2v) is 6.19. The van der Waals surface area contributed by atoms with Crippen molar-refractivity contribution in [3.63, 3.8) is 0 Å². The van der Waals surface area contributed by atoms with E-state index in [1.54, 1.807) is 0 Å². The Hall–Kier alpha value is -0.0800. The Morgan fingerprint density at radius 2 is 1.50 bits per heavy atom. The molecule has 3 rings (SSSR count). The molecular formula is C14H26N2. The van der Waals surface area contributed by atoms with E-state index in [0.29, 0.717) is 5.41 Å². The molecule has 1 saturated carbocycles. The highest BCUT2D eigenvalue weighted by molar-refractivity contribution is 5.02. The molecule has 3 fully saturated rings. The van der Waals surface area contributed by atoms with Crippen molar-refractivity contribution in [2.45, 2.75) is 57.4 Å². The maximum absolute atomic E-state index is 3.86. The SMILES string of the molecule is C1CCC(C2NCCC23CCNCC3)CC1. The fraction of sp³-hybridized carbons (Fsp3) is 1.00. The first-order chi connectivity index (χ1) is 7.91. The summed E-state index contributed by atoms with van der Waals surface area (Å²) in [6.45, 7) is 3.79. The smallest absolute Gasteiger partial charge is 0.0153 e. The van der Waals surface area contributed by atoms with E-state index in [9.17, 15) is 0 Å². The largest absolute Gasteiger partial charge is 0.317 e. The highest BCUT2D eigenvalue weighted by Gasteiger charge is 2.46. The number of hydrogen-bond donors (Lipinski definition) is 2. The minimum absolute atomic E-state index is 0.674. The predicted octanol–water partition coefficient (Wildman–Crippen LogP) is 2.30. The summed E-state index contributed by atoms with van der Waals surface area (Å²) in [6, 6.07) is 0.856. The maximum atomic E-state index is 3.86. The molecule has 92 valence electrons. The summed E-state index contributed by atoms with van der Waals surface area (Å²) in [5, 5.41) is 7.39. The van der Waals surface area contributed by atoms with Crippen molar-refractivity contribution in [1.82, 2.24) is 10.6 Å². The average molecular weight is 222 g/mol. The molecule has 0 radical (unpaired) electrons. The van der Waals surface area contributed by atoms with Crippen LogP contribution in [-0.2, 0) is 0 Å². The first-order valence-corrected chi connectivity index (χ1v) is 7.35. The molecule has 1 aliphatic carbocycles. The van der Waals surface area contributed by atoms with Crippen LogP contribution < -0.4 is 10.6 Å². The van der Waals surface area contributed by atoms with Crippen LogP contribution in [0.15, 0.2) is 0 Å². The van der Waals surface area contributed by atoms with Gasteiger partial charge in [-0.2, -0.15) is 0 Å². The third kappa shape index (κ3) is 1.91. The Morgan fingerprint density at radius 3 is 2.25 bits per heavy atom. The van der Waals surface area contributed by atoms with Crippen LogP contribution in [0.3, 0.4) is 0 Å². The van der Waals surface area contributed by atoms with Crippen molar-refractivity contribution in [2.24, 2.45) is 11.3 Å². The van der Waals surface area contributed by atoms with Crippen LogP contribution in [0.2, 0.25) is 0 Å². The number of nitrogens with one attached hydrogen (secondary N) is 2. The minimum Gasteiger partial charge on any atom is -0.317 e. The molecule has 2 heterocycles. The van der Waals surface area contributed by atoms with Gasteiger partial charge in [0, 0.05) is 6.04 Å². The van der Waals surface area contributed by atoms with Crippen LogP contribution in [0.25, 0.3) is 0 Å². The Morgan fingerprint density at radius 1 is 0.812 bits per heavy atom. The van der Waals surface area contributed by atoms with Crippen LogP contribution in [0.4, 0.5) is 0 Å². The van der Waals surface area contributed by atoms with E-state index < -0.39 is 0 Å². The van der Waals surface area contributed by atoms with Crippen molar-refractivity contribution in [3.05, 3.63) is 0 Å². The Labute approximate surface area is 99.6 Å². The zero-order valence-corrected chi connectivity index (χ0v) is 10.4. The van der Waals surface area contributed by atoms with Gasteiger partial charge in [-0.15, -0.1) is 0 Å². The molecule has 2 heteroatoms. The average Bonchev–Trinajstić information content (AvgIpc) is 2.75. The van der Waals surface area contributed by atoms with Gasteiger partial charge in [-0.05, 0) is 63.1 Å². The summed E-state index contributed by atoms with van der Waals surface area (Å²) < 4.78 is 0. The van der Waals surface area contributed by atoms with E-state index in [0.717, 1.165) is 12.0 Å². The Bertz CT molecular complexity index is 227. The molecule has 0 bridgehead atoms. The molecule has 16 heavy (non-hydrogen) atoms. The molecule has 3 aliphatic rings. The van der Waals surface area contributed by atoms with Gasteiger partial charge in [0.15, 0.2) is 0 Å². The highest BCUT2D eigenvalue weighted by atomic mass is 15.0. The monoisotopic (exact) mass is 222 g/mol. The summed E-state index contributed by atoms with van der Waals surface area (Å²) in [5.41, 5.74) is 0.674. The summed E-state index contributed by atoms with van der Waals surface area (Å²) in [6.07, 6.45) is 11.7. The number of hydrogen-bond acceptors (Lipinski definition) is 2. The number of piperidine rings is 1. The van der Waals surface area contributed by atoms with Gasteiger partial charge in [-0.25, -0.2) is 0 Å². The zero-order valence-electron chi connectivity index (χ0n) is 10.4. The quantitative estimate of drug-likeness (QED) is 0.711. The van der Waals surface area contributed by atoms with E-state index in [-0.39, 0.29) is 0 Å². The lowest BCUT2D eigenvalue weighted by Crippen LogP contribution is -2.48. The summed E-state index contributed by atoms with van der Waals surface area (Å²) in [5.74, 6) is 0.995. The molecule has 0 aromatic carbocycles. The van der Waals surface area contributed by atoms with E-state index in [1.807, 2.05) is 0 Å². The van der Waals surface area contributed by atoms with Crippen molar-refractivity contribution in [2.75, 3.05) is 19.6 Å². The van der Waals surface area contributed by atoms with E-state index in [4.69, 9.17) is 0 Å². The van der Waals surface area contributed by atoms with Gasteiger partial charge < -0.3 is 10.6 Å². The van der Waals surface area contributed by atoms with Crippen LogP contribution in [-0.4, -0.2) is 25.7 Å². The normalized spacial score (nSPS) is 35.6. The van der Waals surface area contributed by atoms with E-state index in [1.165, 1.54) is 71.0 Å². The second kappa shape index (κ2) is 4.66. The van der Waals surface area contributed by atoms with Crippen LogP contribution in [0, 0.1) is 11.3 Å². The summed E-state index contributed by atoms with van der Waals surface area (Å²) >= 11 is 0. The third-order valence-corrected chi connectivity index (χ3v) is 5.37. The molecule has 2 aliphatic heterocycles. The van der Waals surface area contributed by atoms with E-state index in [2.05, 4.69) is 10.6 Å². The molecule has 0 aromatic heterocycles. The van der Waals surface area contributed by atoms with Gasteiger partial charge in [0.25, 0.3) is 0 Å². The molecule has 1 atom stereocenters. The van der Waals surface area contributed by atoms with Crippen LogP contribution in [0.1, 0.15) is 51.4 Å². The molecule has 2 nitrogen and oxygen atoms in total. The van der Waals surface area contributed by atoms with Crippen molar-refractivity contribution in [1.29, 1.82) is 0 Å². The first kappa shape index (κ1) is 11.0. The van der Waals surface area contributed by atoms with Crippen LogP contribution >= 0.6 is 0 Å². The predicted molar refractivity (Wildman–Crippen MR) is 67.5 cm³/mol. The minimum atomic E-state index is 0.674. The Balaban J connectivity index is 1.71. The molecule has 0 amide bonds. The second-order valence-electron chi connectivity index (χ2n) is 6.19. The molecule has 1 spiro atoms. The molecular weight excluding hydrogens is 196 g/mol. The molecule has 0 aromatic rings. The topological polar surface area (TPSA) is 24.1 Å². The van der Waals surface area contributed by atoms with Gasteiger partial charge in [0.05, 0.1) is 0 Å². The lowest BCUT2D eigenvalue weighted by Gasteiger charge is -2.43. The van der Waals surface area contributed by atoms with Crippen LogP contribution in [0.5, 0.6) is 0 Å². The number of rotatable bonds is 1. The van der Waals surface area contributed by atoms with Crippen molar-refractivity contribution < 1.29 is 0 Å². The fourth-order valence-corrected chi connectivity index (χ4v) is 4.47. The standard InChI is InChI=1S/C14H26N2/c1-2-4-12(5-3-1)13-14(8-11-16-13)6-9-15-10-7-14/h12-13,15-16H,1-11H2. The van der Waals surface area contributed by atoms with Gasteiger partial charge in [-0.1, -0.05) is 19.3 Å². The lowest BCUT2D eigenvalue weighted by molar-refractivity contribution is 0.115. The van der Waals surface area contributed by atoms with E-state index >= 15 is 0 Å². The zero-order chi connectivity index (χ0) is 10.8.